The van der Waals surface area contributed by atoms with Gasteiger partial charge in [0.25, 0.3) is 0 Å². The molecule has 0 aromatic carbocycles. The standard InChI is InChI=1S/C43H79NO6.2C43H83NO2.C5H12O/c1-44(2)39-33-38-43(49)50-40(34-29-25-21-17-13-9-5-3-7-11-15-19-23-27-31-36-41(45)46)35-30-26-22-18-14-10-6-4-8-12-16-20-24-28-32-37-42(47)48;2*1-5-7-9-11-13-15-17-19-21-23-25-27-29-31-33-35-38-42(46-43(45)40-37-41-44(3)4)39-36-34-32-30-28-26-24-22-20-18-16-14-12-10-8-6-2;1-5(2,3)4-6/h3-4,7-8,40H,5-6,9-39H2,1-2H3,(H,45,46)(H,47,48);2*19-22,42H,5-18,23-41H2,1-4H3;6H,4H2,1-3H3/b7-3-,8-4-;2*21-19-,22-20-;. The van der Waals surface area contributed by atoms with Crippen molar-refractivity contribution in [1.82, 2.24) is 14.7 Å². The van der Waals surface area contributed by atoms with Gasteiger partial charge in [-0.05, 0) is 331 Å². The summed E-state index contributed by atoms with van der Waals surface area (Å²) in [6.45, 7) is 18.2. The molecule has 14 heteroatoms. The predicted octanol–water partition coefficient (Wildman–Crippen LogP) is 41.4. The van der Waals surface area contributed by atoms with E-state index in [1.165, 1.54) is 462 Å². The van der Waals surface area contributed by atoms with E-state index in [-0.39, 0.29) is 48.2 Å². The molecule has 0 saturated carbocycles. The Morgan fingerprint density at radius 3 is 0.459 bits per heavy atom. The molecule has 0 aliphatic heterocycles. The Bertz CT molecular complexity index is 2590. The van der Waals surface area contributed by atoms with Crippen LogP contribution in [-0.4, -0.2) is 147 Å². The third-order valence-corrected chi connectivity index (χ3v) is 28.6. The van der Waals surface area contributed by atoms with Crippen LogP contribution in [0, 0.1) is 5.41 Å². The third kappa shape index (κ3) is 142. The molecule has 3 N–H and O–H groups in total. The zero-order valence-corrected chi connectivity index (χ0v) is 101. The molecule has 0 aromatic rings. The number of aliphatic hydroxyl groups excluding tert-OH is 1. The average Bonchev–Trinajstić information content (AvgIpc) is 0.974. The maximum Gasteiger partial charge on any atom is 0.306 e. The van der Waals surface area contributed by atoms with Gasteiger partial charge in [0.1, 0.15) is 18.3 Å². The summed E-state index contributed by atoms with van der Waals surface area (Å²) in [6, 6.07) is 0. The van der Waals surface area contributed by atoms with Crippen LogP contribution in [0.2, 0.25) is 0 Å². The first-order valence-corrected chi connectivity index (χ1v) is 64.5. The van der Waals surface area contributed by atoms with Gasteiger partial charge in [-0.2, -0.15) is 0 Å². The minimum atomic E-state index is -0.682. The topological polar surface area (TPSA) is 183 Å². The Balaban J connectivity index is -0.00000102. The number of allylic oxidation sites excluding steroid dienone is 12. The maximum atomic E-state index is 12.5. The van der Waals surface area contributed by atoms with Crippen LogP contribution in [0.15, 0.2) is 72.9 Å². The number of carbonyl (C=O) groups excluding carboxylic acids is 3. The number of esters is 3. The summed E-state index contributed by atoms with van der Waals surface area (Å²) in [5.41, 5.74) is 0.0972. The molecular formula is C134H257N3O11. The number of unbranched alkanes of at least 4 members (excludes halogenated alkanes) is 70. The largest absolute Gasteiger partial charge is 0.481 e. The minimum Gasteiger partial charge on any atom is -0.481 e. The number of hydrogen-bond acceptors (Lipinski definition) is 12. The van der Waals surface area contributed by atoms with Gasteiger partial charge in [0.2, 0.25) is 0 Å². The van der Waals surface area contributed by atoms with Gasteiger partial charge < -0.3 is 44.2 Å². The molecular weight excluding hydrogens is 1830 g/mol. The SMILES string of the molecule is CC(C)(C)CO.CCCCCCCC/C=C\CCCCCCCCC(CCCCCCCC/C=C\CCCCCCCC)OC(=O)CCCN(C)C.CCCCCCCC/C=C\CCCCCCCCC(CCCCCCCC/C=C\CCCCCCCC)OC(=O)CCCN(C)C.CN(C)CCCC(=O)OC(CCCCCCCC/C=C\CCCCCCCC(=O)O)CCCCCCCC/C=C\CCCCCCCC(=O)O. The Labute approximate surface area is 922 Å². The molecule has 0 bridgehead atoms. The molecule has 874 valence electrons. The fraction of sp³-hybridized carbons (Fsp3) is 0.873. The molecule has 0 spiro atoms. The molecule has 0 saturated heterocycles. The summed E-state index contributed by atoms with van der Waals surface area (Å²) in [7, 11) is 12.3. The highest BCUT2D eigenvalue weighted by atomic mass is 16.6. The molecule has 0 aliphatic carbocycles. The van der Waals surface area contributed by atoms with Gasteiger partial charge in [-0.1, -0.05) is 442 Å². The first-order valence-electron chi connectivity index (χ1n) is 64.5. The number of carboxylic acids is 2. The molecule has 0 fully saturated rings. The van der Waals surface area contributed by atoms with Crippen LogP contribution in [0.5, 0.6) is 0 Å². The van der Waals surface area contributed by atoms with Gasteiger partial charge in [-0.25, -0.2) is 0 Å². The van der Waals surface area contributed by atoms with Crippen molar-refractivity contribution in [3.05, 3.63) is 72.9 Å². The number of carboxylic acid groups (broad SMARTS) is 2. The Hall–Kier alpha value is -4.37. The minimum absolute atomic E-state index is 0.0148. The van der Waals surface area contributed by atoms with Gasteiger partial charge in [0, 0.05) is 38.7 Å². The van der Waals surface area contributed by atoms with Crippen molar-refractivity contribution in [3.8, 4) is 0 Å². The lowest BCUT2D eigenvalue weighted by Crippen LogP contribution is -2.20. The van der Waals surface area contributed by atoms with Gasteiger partial charge >= 0.3 is 29.8 Å². The zero-order chi connectivity index (χ0) is 109. The summed E-state index contributed by atoms with van der Waals surface area (Å²) in [5.74, 6) is -1.36. The second-order valence-corrected chi connectivity index (χ2v) is 46.4. The molecule has 0 atom stereocenters. The molecule has 0 unspecified atom stereocenters. The van der Waals surface area contributed by atoms with Gasteiger partial charge in [-0.15, -0.1) is 0 Å². The highest BCUT2D eigenvalue weighted by molar-refractivity contribution is 5.70. The number of hydrogen-bond donors (Lipinski definition) is 3. The second kappa shape index (κ2) is 128. The summed E-state index contributed by atoms with van der Waals surface area (Å²) in [6.07, 6.45) is 145. The monoisotopic (exact) mass is 2080 g/mol. The maximum absolute atomic E-state index is 12.5. The first-order chi connectivity index (χ1) is 72.1. The number of carbonyl (C=O) groups is 5. The van der Waals surface area contributed by atoms with E-state index in [1.807, 2.05) is 34.9 Å². The van der Waals surface area contributed by atoms with Crippen LogP contribution < -0.4 is 0 Å². The molecule has 0 heterocycles. The van der Waals surface area contributed by atoms with Crippen LogP contribution in [0.25, 0.3) is 0 Å². The smallest absolute Gasteiger partial charge is 0.306 e. The second-order valence-electron chi connectivity index (χ2n) is 46.4. The van der Waals surface area contributed by atoms with E-state index in [1.54, 1.807) is 0 Å². The van der Waals surface area contributed by atoms with Crippen molar-refractivity contribution < 1.29 is 53.5 Å². The van der Waals surface area contributed by atoms with Crippen LogP contribution in [0.4, 0.5) is 0 Å². The van der Waals surface area contributed by atoms with Crippen molar-refractivity contribution in [2.75, 3.05) is 68.5 Å². The van der Waals surface area contributed by atoms with Crippen LogP contribution in [0.3, 0.4) is 0 Å². The summed E-state index contributed by atoms with van der Waals surface area (Å²) in [5, 5.41) is 25.8. The molecule has 148 heavy (non-hydrogen) atoms. The lowest BCUT2D eigenvalue weighted by atomic mass is 9.99. The molecule has 14 nitrogen and oxygen atoms in total. The fourth-order valence-corrected chi connectivity index (χ4v) is 18.9. The van der Waals surface area contributed by atoms with Gasteiger partial charge in [0.15, 0.2) is 0 Å². The lowest BCUT2D eigenvalue weighted by molar-refractivity contribution is -0.151. The average molecular weight is 2090 g/mol. The Morgan fingerprint density at radius 2 is 0.331 bits per heavy atom. The Morgan fingerprint density at radius 1 is 0.203 bits per heavy atom. The normalized spacial score (nSPS) is 12.0. The number of aliphatic carboxylic acids is 2. The van der Waals surface area contributed by atoms with E-state index >= 15 is 0 Å². The molecule has 0 amide bonds. The third-order valence-electron chi connectivity index (χ3n) is 28.6. The number of nitrogens with zero attached hydrogens (tertiary/aromatic N) is 3. The van der Waals surface area contributed by atoms with E-state index in [9.17, 15) is 24.0 Å². The quantitative estimate of drug-likeness (QED) is 0.0226. The summed E-state index contributed by atoms with van der Waals surface area (Å²) in [4.78, 5) is 65.1. The van der Waals surface area contributed by atoms with Gasteiger partial charge in [0.05, 0.1) is 0 Å². The van der Waals surface area contributed by atoms with Crippen LogP contribution >= 0.6 is 0 Å². The summed E-state index contributed by atoms with van der Waals surface area (Å²) >= 11 is 0. The highest BCUT2D eigenvalue weighted by Gasteiger charge is 2.19. The van der Waals surface area contributed by atoms with Crippen molar-refractivity contribution in [1.29, 1.82) is 0 Å². The van der Waals surface area contributed by atoms with Crippen molar-refractivity contribution in [3.63, 3.8) is 0 Å². The number of rotatable bonds is 113. The van der Waals surface area contributed by atoms with Crippen LogP contribution in [-0.2, 0) is 38.2 Å². The molecule has 0 aromatic heterocycles. The lowest BCUT2D eigenvalue weighted by Gasteiger charge is -2.18. The fourth-order valence-electron chi connectivity index (χ4n) is 18.9. The van der Waals surface area contributed by atoms with E-state index in [4.69, 9.17) is 29.5 Å². The van der Waals surface area contributed by atoms with Crippen molar-refractivity contribution in [2.24, 2.45) is 5.41 Å². The molecule has 0 rings (SSSR count). The number of ether oxygens (including phenoxy) is 3. The Kier molecular flexibility index (Phi) is 129. The van der Waals surface area contributed by atoms with E-state index in [2.05, 4.69) is 143 Å². The van der Waals surface area contributed by atoms with Gasteiger partial charge in [-0.3, -0.25) is 24.0 Å². The van der Waals surface area contributed by atoms with E-state index < -0.39 is 11.9 Å². The van der Waals surface area contributed by atoms with E-state index in [0.29, 0.717) is 32.1 Å². The summed E-state index contributed by atoms with van der Waals surface area (Å²) < 4.78 is 18.0. The van der Waals surface area contributed by atoms with Crippen molar-refractivity contribution in [2.45, 2.75) is 683 Å². The first kappa shape index (κ1) is 150. The zero-order valence-electron chi connectivity index (χ0n) is 101. The van der Waals surface area contributed by atoms with E-state index in [0.717, 1.165) is 142 Å². The highest BCUT2D eigenvalue weighted by Crippen LogP contribution is 2.26. The van der Waals surface area contributed by atoms with Crippen LogP contribution in [0.1, 0.15) is 665 Å². The number of aliphatic hydroxyl groups is 1. The molecule has 0 aliphatic rings. The molecule has 0 radical (unpaired) electrons. The predicted molar refractivity (Wildman–Crippen MR) is 648 cm³/mol. The van der Waals surface area contributed by atoms with Crippen molar-refractivity contribution >= 4 is 29.8 Å².